The van der Waals surface area contributed by atoms with Gasteiger partial charge in [0.2, 0.25) is 5.91 Å². The largest absolute Gasteiger partial charge is 0.490 e. The molecule has 0 spiro atoms. The second-order valence-electron chi connectivity index (χ2n) is 6.21. The number of esters is 1. The highest BCUT2D eigenvalue weighted by Gasteiger charge is 2.37. The number of nitrogens with zero attached hydrogens (tertiary/aromatic N) is 2. The van der Waals surface area contributed by atoms with Crippen molar-refractivity contribution in [3.8, 4) is 5.75 Å². The molecular formula is C21H22ClN3O4. The molecule has 1 aliphatic heterocycles. The molecule has 2 aromatic rings. The van der Waals surface area contributed by atoms with Gasteiger partial charge in [-0.25, -0.2) is 4.79 Å². The van der Waals surface area contributed by atoms with Crippen LogP contribution in [-0.2, 0) is 14.3 Å². The van der Waals surface area contributed by atoms with Crippen molar-refractivity contribution in [1.82, 2.24) is 0 Å². The maximum Gasteiger partial charge on any atom is 0.354 e. The summed E-state index contributed by atoms with van der Waals surface area (Å²) in [5, 5.41) is 9.14. The maximum absolute atomic E-state index is 13.1. The van der Waals surface area contributed by atoms with Gasteiger partial charge in [0.15, 0.2) is 5.75 Å². The van der Waals surface area contributed by atoms with Crippen LogP contribution in [0.15, 0.2) is 53.6 Å². The normalized spacial score (nSPS) is 15.6. The first-order chi connectivity index (χ1) is 14.0. The van der Waals surface area contributed by atoms with E-state index in [2.05, 4.69) is 10.4 Å². The lowest BCUT2D eigenvalue weighted by atomic mass is 10.1. The van der Waals surface area contributed by atoms with Crippen molar-refractivity contribution in [2.75, 3.05) is 23.5 Å². The van der Waals surface area contributed by atoms with Gasteiger partial charge >= 0.3 is 5.97 Å². The maximum atomic E-state index is 13.1. The number of halogens is 1. The van der Waals surface area contributed by atoms with Crippen LogP contribution in [0.25, 0.3) is 0 Å². The van der Waals surface area contributed by atoms with E-state index in [1.165, 1.54) is 5.01 Å². The number of carbonyl (C=O) groups is 2. The molecule has 1 heterocycles. The molecule has 2 aromatic carbocycles. The fraction of sp³-hybridized carbons (Fsp3) is 0.286. The summed E-state index contributed by atoms with van der Waals surface area (Å²) in [6.45, 7) is 4.20. The molecule has 1 N–H and O–H groups in total. The van der Waals surface area contributed by atoms with E-state index in [1.807, 2.05) is 37.3 Å². The summed E-state index contributed by atoms with van der Waals surface area (Å²) >= 11 is 6.20. The monoisotopic (exact) mass is 415 g/mol. The highest BCUT2D eigenvalue weighted by atomic mass is 35.5. The number of benzene rings is 2. The van der Waals surface area contributed by atoms with Crippen LogP contribution in [0.5, 0.6) is 5.75 Å². The van der Waals surface area contributed by atoms with E-state index in [4.69, 9.17) is 21.1 Å². The number of hydrogen-bond acceptors (Lipinski definition) is 6. The smallest absolute Gasteiger partial charge is 0.354 e. The standard InChI is InChI=1S/C21H22ClN3O4/c1-3-28-19-15(22)11-8-12-16(19)23-20(26)18-13-17(21(27)29-4-2)24-25(18)14-9-6-5-7-10-14/h5-12,18H,3-4,13H2,1-2H3,(H,23,26). The number of hydrogen-bond donors (Lipinski definition) is 1. The van der Waals surface area contributed by atoms with Crippen LogP contribution in [0, 0.1) is 0 Å². The summed E-state index contributed by atoms with van der Waals surface area (Å²) < 4.78 is 10.6. The molecule has 0 saturated carbocycles. The third-order valence-electron chi connectivity index (χ3n) is 4.26. The van der Waals surface area contributed by atoms with Crippen molar-refractivity contribution in [1.29, 1.82) is 0 Å². The first-order valence-electron chi connectivity index (χ1n) is 9.36. The lowest BCUT2D eigenvalue weighted by molar-refractivity contribution is -0.135. The Labute approximate surface area is 174 Å². The van der Waals surface area contributed by atoms with Crippen molar-refractivity contribution in [2.45, 2.75) is 26.3 Å². The van der Waals surface area contributed by atoms with E-state index in [9.17, 15) is 9.59 Å². The summed E-state index contributed by atoms with van der Waals surface area (Å²) in [4.78, 5) is 25.3. The van der Waals surface area contributed by atoms with Crippen LogP contribution in [-0.4, -0.2) is 36.8 Å². The first-order valence-corrected chi connectivity index (χ1v) is 9.74. The lowest BCUT2D eigenvalue weighted by Gasteiger charge is -2.23. The Hall–Kier alpha value is -3.06. The molecule has 0 bridgehead atoms. The number of carbonyl (C=O) groups excluding carboxylic acids is 2. The van der Waals surface area contributed by atoms with Crippen LogP contribution in [0.4, 0.5) is 11.4 Å². The number of hydrazone groups is 1. The molecular weight excluding hydrogens is 394 g/mol. The molecule has 8 heteroatoms. The molecule has 152 valence electrons. The Morgan fingerprint density at radius 3 is 2.59 bits per heavy atom. The molecule has 1 unspecified atom stereocenters. The van der Waals surface area contributed by atoms with Crippen molar-refractivity contribution in [3.63, 3.8) is 0 Å². The van der Waals surface area contributed by atoms with Crippen LogP contribution < -0.4 is 15.1 Å². The van der Waals surface area contributed by atoms with Gasteiger partial charge in [0, 0.05) is 6.42 Å². The van der Waals surface area contributed by atoms with Crippen molar-refractivity contribution in [2.24, 2.45) is 5.10 Å². The second kappa shape index (κ2) is 9.43. The zero-order chi connectivity index (χ0) is 20.8. The highest BCUT2D eigenvalue weighted by molar-refractivity contribution is 6.38. The number of rotatable bonds is 7. The minimum Gasteiger partial charge on any atom is -0.490 e. The number of anilines is 2. The average molecular weight is 416 g/mol. The van der Waals surface area contributed by atoms with E-state index in [0.717, 1.165) is 0 Å². The van der Waals surface area contributed by atoms with Crippen LogP contribution >= 0.6 is 11.6 Å². The molecule has 1 aliphatic rings. The van der Waals surface area contributed by atoms with Gasteiger partial charge in [-0.2, -0.15) is 5.10 Å². The minimum atomic E-state index is -0.717. The molecule has 0 fully saturated rings. The zero-order valence-electron chi connectivity index (χ0n) is 16.2. The van der Waals surface area contributed by atoms with Gasteiger partial charge in [-0.15, -0.1) is 0 Å². The predicted octanol–water partition coefficient (Wildman–Crippen LogP) is 3.88. The van der Waals surface area contributed by atoms with Gasteiger partial charge in [0.1, 0.15) is 11.8 Å². The van der Waals surface area contributed by atoms with Crippen LogP contribution in [0.2, 0.25) is 5.02 Å². The van der Waals surface area contributed by atoms with Gasteiger partial charge in [0.25, 0.3) is 0 Å². The Balaban J connectivity index is 1.87. The molecule has 1 atom stereocenters. The summed E-state index contributed by atoms with van der Waals surface area (Å²) in [6, 6.07) is 13.6. The molecule has 0 radical (unpaired) electrons. The summed E-state index contributed by atoms with van der Waals surface area (Å²) in [5.74, 6) is -0.456. The third-order valence-corrected chi connectivity index (χ3v) is 4.56. The van der Waals surface area contributed by atoms with Crippen molar-refractivity contribution in [3.05, 3.63) is 53.6 Å². The van der Waals surface area contributed by atoms with Gasteiger partial charge in [-0.3, -0.25) is 9.80 Å². The van der Waals surface area contributed by atoms with E-state index in [0.29, 0.717) is 28.8 Å². The molecule has 7 nitrogen and oxygen atoms in total. The second-order valence-corrected chi connectivity index (χ2v) is 6.61. The fourth-order valence-corrected chi connectivity index (χ4v) is 3.21. The first kappa shape index (κ1) is 20.7. The molecule has 0 saturated heterocycles. The molecule has 0 aromatic heterocycles. The van der Waals surface area contributed by atoms with E-state index < -0.39 is 12.0 Å². The fourth-order valence-electron chi connectivity index (χ4n) is 2.99. The number of nitrogens with one attached hydrogen (secondary N) is 1. The predicted molar refractivity (Wildman–Crippen MR) is 113 cm³/mol. The summed E-state index contributed by atoms with van der Waals surface area (Å²) in [5.41, 5.74) is 1.36. The molecule has 1 amide bonds. The number of para-hydroxylation sites is 2. The highest BCUT2D eigenvalue weighted by Crippen LogP contribution is 2.34. The molecule has 3 rings (SSSR count). The zero-order valence-corrected chi connectivity index (χ0v) is 17.0. The molecule has 0 aliphatic carbocycles. The van der Waals surface area contributed by atoms with Gasteiger partial charge in [-0.05, 0) is 38.1 Å². The Morgan fingerprint density at radius 2 is 1.90 bits per heavy atom. The van der Waals surface area contributed by atoms with Crippen LogP contribution in [0.3, 0.4) is 0 Å². The van der Waals surface area contributed by atoms with E-state index in [-0.39, 0.29) is 24.6 Å². The summed E-state index contributed by atoms with van der Waals surface area (Å²) in [7, 11) is 0. The van der Waals surface area contributed by atoms with Crippen molar-refractivity contribution >= 4 is 40.6 Å². The molecule has 29 heavy (non-hydrogen) atoms. The summed E-state index contributed by atoms with van der Waals surface area (Å²) in [6.07, 6.45) is 0.129. The van der Waals surface area contributed by atoms with Gasteiger partial charge in [0.05, 0.1) is 29.6 Å². The van der Waals surface area contributed by atoms with E-state index in [1.54, 1.807) is 25.1 Å². The van der Waals surface area contributed by atoms with Gasteiger partial charge < -0.3 is 14.8 Å². The quantitative estimate of drug-likeness (QED) is 0.694. The SMILES string of the molecule is CCOC(=O)C1=NN(c2ccccc2)C(C(=O)Nc2cccc(Cl)c2OCC)C1. The van der Waals surface area contributed by atoms with Gasteiger partial charge in [-0.1, -0.05) is 35.9 Å². The Morgan fingerprint density at radius 1 is 1.14 bits per heavy atom. The minimum absolute atomic E-state index is 0.129. The Bertz CT molecular complexity index is 917. The lowest BCUT2D eigenvalue weighted by Crippen LogP contribution is -2.39. The Kier molecular flexibility index (Phi) is 6.72. The number of ether oxygens (including phenoxy) is 2. The number of amides is 1. The topological polar surface area (TPSA) is 80.2 Å². The van der Waals surface area contributed by atoms with Crippen molar-refractivity contribution < 1.29 is 19.1 Å². The van der Waals surface area contributed by atoms with Crippen LogP contribution in [0.1, 0.15) is 20.3 Å². The third kappa shape index (κ3) is 4.68. The van der Waals surface area contributed by atoms with E-state index >= 15 is 0 Å². The average Bonchev–Trinajstić information content (AvgIpc) is 3.17.